The summed E-state index contributed by atoms with van der Waals surface area (Å²) in [4.78, 5) is 15.0. The summed E-state index contributed by atoms with van der Waals surface area (Å²) < 4.78 is 40.8. The molecule has 1 N–H and O–H groups in total. The van der Waals surface area contributed by atoms with E-state index in [0.717, 1.165) is 4.57 Å². The van der Waals surface area contributed by atoms with Gasteiger partial charge in [0.25, 0.3) is 0 Å². The highest BCUT2D eigenvalue weighted by Crippen LogP contribution is 2.46. The Morgan fingerprint density at radius 2 is 2.09 bits per heavy atom. The van der Waals surface area contributed by atoms with Crippen LogP contribution in [0, 0.1) is 6.57 Å². The third kappa shape index (κ3) is 4.11. The van der Waals surface area contributed by atoms with Gasteiger partial charge in [0.1, 0.15) is 18.0 Å². The van der Waals surface area contributed by atoms with Crippen LogP contribution in [0.4, 0.5) is 14.5 Å². The van der Waals surface area contributed by atoms with Gasteiger partial charge in [-0.05, 0) is 35.4 Å². The van der Waals surface area contributed by atoms with Gasteiger partial charge >= 0.3 is 11.4 Å². The molecule has 0 amide bonds. The fraction of sp³-hybridized carbons (Fsp3) is 0.238. The Kier molecular flexibility index (Phi) is 5.97. The maximum absolute atomic E-state index is 14.2. The quantitative estimate of drug-likeness (QED) is 0.377. The number of methoxy groups -OCH3 is 1. The van der Waals surface area contributed by atoms with Crippen molar-refractivity contribution >= 4 is 34.9 Å². The van der Waals surface area contributed by atoms with E-state index in [9.17, 15) is 18.7 Å². The molecule has 4 rings (SSSR count). The number of carbonyl (C=O) groups is 1. The molecular weight excluding hydrogens is 481 g/mol. The van der Waals surface area contributed by atoms with Crippen molar-refractivity contribution in [3.05, 3.63) is 75.6 Å². The summed E-state index contributed by atoms with van der Waals surface area (Å²) in [5.41, 5.74) is 1.00. The first-order valence-corrected chi connectivity index (χ1v) is 10.1. The van der Waals surface area contributed by atoms with Gasteiger partial charge in [-0.2, -0.15) is 8.78 Å². The topological polar surface area (TPSA) is 90.8 Å². The second-order valence-electron chi connectivity index (χ2n) is 7.04. The zero-order chi connectivity index (χ0) is 23.9. The Bertz CT molecular complexity index is 1290. The van der Waals surface area contributed by atoms with Crippen LogP contribution >= 0.6 is 23.2 Å². The Balaban J connectivity index is 2.05. The molecule has 0 fully saturated rings. The van der Waals surface area contributed by atoms with E-state index in [1.807, 2.05) is 0 Å². The largest absolute Gasteiger partial charge is 0.495 e. The van der Waals surface area contributed by atoms with Gasteiger partial charge in [0.2, 0.25) is 5.82 Å². The zero-order valence-electron chi connectivity index (χ0n) is 16.8. The van der Waals surface area contributed by atoms with E-state index in [4.69, 9.17) is 39.2 Å². The van der Waals surface area contributed by atoms with Gasteiger partial charge < -0.3 is 14.6 Å². The Labute approximate surface area is 196 Å². The molecule has 0 saturated carbocycles. The first kappa shape index (κ1) is 22.9. The summed E-state index contributed by atoms with van der Waals surface area (Å²) in [5, 5.41) is 13.0. The number of alkyl halides is 3. The molecule has 0 spiro atoms. The molecule has 1 aromatic heterocycles. The molecule has 1 aliphatic heterocycles. The van der Waals surface area contributed by atoms with Crippen LogP contribution < -0.4 is 4.74 Å². The minimum atomic E-state index is -3.91. The number of aromatic nitrogens is 3. The van der Waals surface area contributed by atoms with Crippen LogP contribution in [-0.2, 0) is 14.9 Å². The summed E-state index contributed by atoms with van der Waals surface area (Å²) in [6, 6.07) is 9.20. The van der Waals surface area contributed by atoms with Gasteiger partial charge in [0.05, 0.1) is 30.8 Å². The maximum atomic E-state index is 14.2. The molecule has 0 saturated heterocycles. The summed E-state index contributed by atoms with van der Waals surface area (Å²) >= 11 is 11.8. The zero-order valence-corrected chi connectivity index (χ0v) is 18.3. The molecule has 3 aromatic rings. The number of hydrogen-bond donors (Lipinski definition) is 1. The van der Waals surface area contributed by atoms with Crippen LogP contribution in [0.5, 0.6) is 5.75 Å². The Morgan fingerprint density at radius 3 is 2.73 bits per heavy atom. The molecular formula is C21H14Cl2F2N4O4. The van der Waals surface area contributed by atoms with Gasteiger partial charge in [-0.15, -0.1) is 10.2 Å². The molecule has 8 nitrogen and oxygen atoms in total. The highest BCUT2D eigenvalue weighted by molar-refractivity contribution is 6.33. The van der Waals surface area contributed by atoms with Crippen LogP contribution in [0.15, 0.2) is 36.4 Å². The number of rotatable bonds is 5. The predicted molar refractivity (Wildman–Crippen MR) is 113 cm³/mol. The van der Waals surface area contributed by atoms with Crippen LogP contribution in [0.25, 0.3) is 10.5 Å². The van der Waals surface area contributed by atoms with Crippen LogP contribution in [0.1, 0.15) is 41.4 Å². The summed E-state index contributed by atoms with van der Waals surface area (Å²) in [6.45, 7) is 7.37. The van der Waals surface area contributed by atoms with E-state index in [1.54, 1.807) is 18.2 Å². The lowest BCUT2D eigenvalue weighted by atomic mass is 9.98. The molecule has 33 heavy (non-hydrogen) atoms. The van der Waals surface area contributed by atoms with E-state index in [1.165, 1.54) is 25.3 Å². The van der Waals surface area contributed by atoms with Crippen molar-refractivity contribution in [3.8, 4) is 11.4 Å². The smallest absolute Gasteiger partial charge is 0.382 e. The monoisotopic (exact) mass is 494 g/mol. The number of aliphatic carboxylic acids is 1. The van der Waals surface area contributed by atoms with Crippen molar-refractivity contribution in [1.82, 2.24) is 14.8 Å². The van der Waals surface area contributed by atoms with Crippen molar-refractivity contribution in [1.29, 1.82) is 0 Å². The number of ether oxygens (including phenoxy) is 2. The molecule has 2 atom stereocenters. The molecule has 170 valence electrons. The average molecular weight is 495 g/mol. The van der Waals surface area contributed by atoms with Crippen molar-refractivity contribution in [2.24, 2.45) is 0 Å². The van der Waals surface area contributed by atoms with Gasteiger partial charge in [0, 0.05) is 5.56 Å². The standard InChI is InChI=1S/C21H14Cl2F2N4O4/c1-26-10-6-7-13-12(8-10)18(11-4-3-5-14(32-2)17(11)22)33-15(9-16(30)31)19-27-28-20(29(13)19)21(23,24)25/h3-8,15,18H,9H2,2H3,(H,30,31)/t15-,18-/m1/s1. The van der Waals surface area contributed by atoms with Crippen molar-refractivity contribution < 1.29 is 28.2 Å². The molecule has 1 aliphatic rings. The number of hydrogen-bond acceptors (Lipinski definition) is 5. The third-order valence-electron chi connectivity index (χ3n) is 5.05. The van der Waals surface area contributed by atoms with Crippen LogP contribution in [-0.4, -0.2) is 33.0 Å². The first-order valence-electron chi connectivity index (χ1n) is 9.39. The lowest BCUT2D eigenvalue weighted by Gasteiger charge is -2.23. The Morgan fingerprint density at radius 1 is 1.33 bits per heavy atom. The minimum Gasteiger partial charge on any atom is -0.495 e. The average Bonchev–Trinajstić information content (AvgIpc) is 3.17. The van der Waals surface area contributed by atoms with E-state index in [-0.39, 0.29) is 27.8 Å². The number of carboxylic acid groups (broad SMARTS) is 1. The van der Waals surface area contributed by atoms with Gasteiger partial charge in [-0.3, -0.25) is 9.36 Å². The van der Waals surface area contributed by atoms with Crippen LogP contribution in [0.3, 0.4) is 0 Å². The van der Waals surface area contributed by atoms with E-state index in [2.05, 4.69) is 15.0 Å². The third-order valence-corrected chi connectivity index (χ3v) is 5.62. The predicted octanol–water partition coefficient (Wildman–Crippen LogP) is 5.40. The van der Waals surface area contributed by atoms with Gasteiger partial charge in [-0.25, -0.2) is 4.85 Å². The minimum absolute atomic E-state index is 0.148. The molecule has 0 aliphatic carbocycles. The van der Waals surface area contributed by atoms with Crippen LogP contribution in [0.2, 0.25) is 5.02 Å². The second kappa shape index (κ2) is 8.59. The second-order valence-corrected chi connectivity index (χ2v) is 7.89. The first-order chi connectivity index (χ1) is 15.7. The fourth-order valence-corrected chi connectivity index (χ4v) is 4.10. The number of fused-ring (bicyclic) bond motifs is 3. The van der Waals surface area contributed by atoms with Crippen molar-refractivity contribution in [2.45, 2.75) is 24.0 Å². The molecule has 0 unspecified atom stereocenters. The highest BCUT2D eigenvalue weighted by atomic mass is 35.5. The normalized spacial score (nSPS) is 17.5. The maximum Gasteiger partial charge on any atom is 0.382 e. The molecule has 2 aromatic carbocycles. The van der Waals surface area contributed by atoms with E-state index < -0.39 is 35.8 Å². The molecule has 2 heterocycles. The lowest BCUT2D eigenvalue weighted by Crippen LogP contribution is -2.17. The molecule has 12 heteroatoms. The SMILES string of the molecule is [C-]#[N+]c1ccc2c(c1)[C@@H](c1cccc(OC)c1Cl)O[C@H](CC(=O)O)c1nnc(C(F)(F)Cl)n1-2. The van der Waals surface area contributed by atoms with Crippen molar-refractivity contribution in [3.63, 3.8) is 0 Å². The summed E-state index contributed by atoms with van der Waals surface area (Å²) in [5.74, 6) is -2.01. The number of carboxylic acids is 1. The molecule has 0 radical (unpaired) electrons. The summed E-state index contributed by atoms with van der Waals surface area (Å²) in [6.07, 6.45) is -2.95. The van der Waals surface area contributed by atoms with Crippen molar-refractivity contribution in [2.75, 3.05) is 7.11 Å². The fourth-order valence-electron chi connectivity index (χ4n) is 3.68. The summed E-state index contributed by atoms with van der Waals surface area (Å²) in [7, 11) is 1.42. The highest BCUT2D eigenvalue weighted by Gasteiger charge is 2.42. The van der Waals surface area contributed by atoms with Gasteiger partial charge in [-0.1, -0.05) is 29.8 Å². The number of halogens is 4. The van der Waals surface area contributed by atoms with E-state index >= 15 is 0 Å². The lowest BCUT2D eigenvalue weighted by molar-refractivity contribution is -0.141. The van der Waals surface area contributed by atoms with Gasteiger partial charge in [0.15, 0.2) is 11.5 Å². The Hall–Kier alpha value is -3.26. The number of benzene rings is 2. The molecule has 0 bridgehead atoms. The number of nitrogens with zero attached hydrogens (tertiary/aromatic N) is 4. The van der Waals surface area contributed by atoms with E-state index in [0.29, 0.717) is 11.3 Å².